The lowest BCUT2D eigenvalue weighted by Gasteiger charge is -2.14. The number of nitrogens with zero attached hydrogens (tertiary/aromatic N) is 1. The van der Waals surface area contributed by atoms with E-state index in [1.807, 2.05) is 31.2 Å². The second kappa shape index (κ2) is 6.73. The van der Waals surface area contributed by atoms with Crippen LogP contribution in [0.2, 0.25) is 10.0 Å². The van der Waals surface area contributed by atoms with Crippen molar-refractivity contribution >= 4 is 29.1 Å². The normalized spacial score (nSPS) is 11.9. The number of halogens is 2. The van der Waals surface area contributed by atoms with E-state index in [4.69, 9.17) is 23.2 Å². The minimum atomic E-state index is -0.195. The highest BCUT2D eigenvalue weighted by Crippen LogP contribution is 2.14. The average molecular weight is 309 g/mol. The van der Waals surface area contributed by atoms with E-state index in [0.29, 0.717) is 15.6 Å². The van der Waals surface area contributed by atoms with E-state index in [9.17, 15) is 4.79 Å². The summed E-state index contributed by atoms with van der Waals surface area (Å²) in [6, 6.07) is 9.17. The fraction of sp³-hybridized carbons (Fsp3) is 0.200. The molecule has 1 heterocycles. The van der Waals surface area contributed by atoms with Crippen molar-refractivity contribution in [3.8, 4) is 0 Å². The van der Waals surface area contributed by atoms with Crippen LogP contribution in [0.25, 0.3) is 0 Å². The summed E-state index contributed by atoms with van der Waals surface area (Å²) in [5.74, 6) is -0.195. The van der Waals surface area contributed by atoms with Crippen molar-refractivity contribution in [2.75, 3.05) is 0 Å². The van der Waals surface area contributed by atoms with Crippen molar-refractivity contribution in [2.45, 2.75) is 19.4 Å². The third-order valence-electron chi connectivity index (χ3n) is 2.85. The van der Waals surface area contributed by atoms with Crippen molar-refractivity contribution < 1.29 is 4.79 Å². The van der Waals surface area contributed by atoms with Crippen LogP contribution in [0.3, 0.4) is 0 Å². The number of benzene rings is 1. The molecule has 104 valence electrons. The number of rotatable bonds is 4. The van der Waals surface area contributed by atoms with Gasteiger partial charge in [0.15, 0.2) is 0 Å². The maximum absolute atomic E-state index is 12.1. The summed E-state index contributed by atoms with van der Waals surface area (Å²) < 4.78 is 0. The lowest BCUT2D eigenvalue weighted by Crippen LogP contribution is -2.34. The van der Waals surface area contributed by atoms with Crippen molar-refractivity contribution in [3.05, 3.63) is 63.9 Å². The number of hydrogen-bond acceptors (Lipinski definition) is 2. The first kappa shape index (κ1) is 14.8. The van der Waals surface area contributed by atoms with Gasteiger partial charge in [-0.15, -0.1) is 0 Å². The molecule has 20 heavy (non-hydrogen) atoms. The molecule has 1 unspecified atom stereocenters. The minimum Gasteiger partial charge on any atom is -0.349 e. The Balaban J connectivity index is 1.98. The summed E-state index contributed by atoms with van der Waals surface area (Å²) >= 11 is 11.8. The summed E-state index contributed by atoms with van der Waals surface area (Å²) in [6.07, 6.45) is 3.73. The third-order valence-corrected chi connectivity index (χ3v) is 3.40. The van der Waals surface area contributed by atoms with E-state index in [-0.39, 0.29) is 11.9 Å². The van der Waals surface area contributed by atoms with Gasteiger partial charge in [-0.05, 0) is 37.1 Å². The molecule has 1 aromatic carbocycles. The Labute approximate surface area is 127 Å². The molecule has 0 aliphatic carbocycles. The summed E-state index contributed by atoms with van der Waals surface area (Å²) in [6.45, 7) is 1.95. The Bertz CT molecular complexity index is 599. The quantitative estimate of drug-likeness (QED) is 0.934. The molecule has 0 fully saturated rings. The molecule has 2 rings (SSSR count). The average Bonchev–Trinajstić information content (AvgIpc) is 2.41. The van der Waals surface area contributed by atoms with Crippen LogP contribution in [0.4, 0.5) is 0 Å². The van der Waals surface area contributed by atoms with E-state index in [1.54, 1.807) is 12.3 Å². The van der Waals surface area contributed by atoms with Gasteiger partial charge in [-0.3, -0.25) is 9.78 Å². The molecular formula is C15H14Cl2N2O. The monoisotopic (exact) mass is 308 g/mol. The van der Waals surface area contributed by atoms with Gasteiger partial charge in [-0.25, -0.2) is 0 Å². The summed E-state index contributed by atoms with van der Waals surface area (Å²) in [7, 11) is 0. The fourth-order valence-corrected chi connectivity index (χ4v) is 2.22. The first-order valence-electron chi connectivity index (χ1n) is 6.21. The Morgan fingerprint density at radius 2 is 1.95 bits per heavy atom. The van der Waals surface area contributed by atoms with Gasteiger partial charge in [-0.2, -0.15) is 0 Å². The van der Waals surface area contributed by atoms with Gasteiger partial charge in [0.05, 0.1) is 10.6 Å². The molecule has 0 aliphatic rings. The molecule has 0 saturated heterocycles. The van der Waals surface area contributed by atoms with Gasteiger partial charge in [-0.1, -0.05) is 35.3 Å². The zero-order valence-corrected chi connectivity index (χ0v) is 12.4. The predicted octanol–water partition coefficient (Wildman–Crippen LogP) is 3.75. The molecule has 0 bridgehead atoms. The Morgan fingerprint density at radius 3 is 2.60 bits per heavy atom. The topological polar surface area (TPSA) is 42.0 Å². The predicted molar refractivity (Wildman–Crippen MR) is 81.3 cm³/mol. The highest BCUT2D eigenvalue weighted by atomic mass is 35.5. The molecule has 0 spiro atoms. The molecule has 0 saturated carbocycles. The van der Waals surface area contributed by atoms with E-state index >= 15 is 0 Å². The lowest BCUT2D eigenvalue weighted by atomic mass is 10.1. The van der Waals surface area contributed by atoms with Gasteiger partial charge < -0.3 is 5.32 Å². The number of aromatic nitrogens is 1. The third kappa shape index (κ3) is 3.95. The van der Waals surface area contributed by atoms with Gasteiger partial charge in [0.2, 0.25) is 0 Å². The first-order valence-corrected chi connectivity index (χ1v) is 6.96. The largest absolute Gasteiger partial charge is 0.349 e. The van der Waals surface area contributed by atoms with Crippen molar-refractivity contribution in [1.82, 2.24) is 10.3 Å². The van der Waals surface area contributed by atoms with Gasteiger partial charge in [0.25, 0.3) is 5.91 Å². The van der Waals surface area contributed by atoms with Crippen molar-refractivity contribution in [2.24, 2.45) is 0 Å². The van der Waals surface area contributed by atoms with E-state index in [2.05, 4.69) is 10.3 Å². The van der Waals surface area contributed by atoms with Crippen LogP contribution >= 0.6 is 23.2 Å². The molecule has 0 radical (unpaired) electrons. The fourth-order valence-electron chi connectivity index (χ4n) is 1.89. The van der Waals surface area contributed by atoms with E-state index in [0.717, 1.165) is 12.0 Å². The van der Waals surface area contributed by atoms with Crippen LogP contribution in [0.5, 0.6) is 0 Å². The summed E-state index contributed by atoms with van der Waals surface area (Å²) in [4.78, 5) is 15.9. The van der Waals surface area contributed by atoms with Gasteiger partial charge >= 0.3 is 0 Å². The summed E-state index contributed by atoms with van der Waals surface area (Å²) in [5.41, 5.74) is 1.55. The van der Waals surface area contributed by atoms with Crippen molar-refractivity contribution in [1.29, 1.82) is 0 Å². The molecule has 3 nitrogen and oxygen atoms in total. The highest BCUT2D eigenvalue weighted by molar-refractivity contribution is 6.33. The first-order chi connectivity index (χ1) is 9.56. The molecule has 0 aliphatic heterocycles. The Hall–Kier alpha value is -1.58. The molecule has 1 atom stereocenters. The minimum absolute atomic E-state index is 0.00657. The number of nitrogens with one attached hydrogen (secondary N) is 1. The zero-order valence-electron chi connectivity index (χ0n) is 10.9. The molecule has 5 heteroatoms. The smallest absolute Gasteiger partial charge is 0.253 e. The standard InChI is InChI=1S/C15H14Cl2N2O/c1-10(8-11-2-4-12(16)5-3-11)19-15(20)13-6-7-18-9-14(13)17/h2-7,9-10H,8H2,1H3,(H,19,20). The van der Waals surface area contributed by atoms with E-state index < -0.39 is 0 Å². The number of pyridine rings is 1. The molecule has 1 N–H and O–H groups in total. The second-order valence-electron chi connectivity index (χ2n) is 4.56. The van der Waals surface area contributed by atoms with Crippen LogP contribution < -0.4 is 5.32 Å². The van der Waals surface area contributed by atoms with Crippen LogP contribution in [0.15, 0.2) is 42.7 Å². The molecule has 1 aromatic heterocycles. The van der Waals surface area contributed by atoms with Gasteiger partial charge in [0.1, 0.15) is 0 Å². The van der Waals surface area contributed by atoms with Gasteiger partial charge in [0, 0.05) is 23.5 Å². The maximum Gasteiger partial charge on any atom is 0.253 e. The lowest BCUT2D eigenvalue weighted by molar-refractivity contribution is 0.0940. The summed E-state index contributed by atoms with van der Waals surface area (Å²) in [5, 5.41) is 3.97. The van der Waals surface area contributed by atoms with Crippen molar-refractivity contribution in [3.63, 3.8) is 0 Å². The van der Waals surface area contributed by atoms with Crippen LogP contribution in [0, 0.1) is 0 Å². The molecule has 2 aromatic rings. The molecular weight excluding hydrogens is 295 g/mol. The second-order valence-corrected chi connectivity index (χ2v) is 5.40. The maximum atomic E-state index is 12.1. The van der Waals surface area contributed by atoms with Crippen LogP contribution in [-0.2, 0) is 6.42 Å². The number of carbonyl (C=O) groups excluding carboxylic acids is 1. The van der Waals surface area contributed by atoms with E-state index in [1.165, 1.54) is 6.20 Å². The highest BCUT2D eigenvalue weighted by Gasteiger charge is 2.13. The zero-order chi connectivity index (χ0) is 14.5. The number of carbonyl (C=O) groups is 1. The van der Waals surface area contributed by atoms with Crippen LogP contribution in [0.1, 0.15) is 22.8 Å². The van der Waals surface area contributed by atoms with Crippen LogP contribution in [-0.4, -0.2) is 16.9 Å². The number of amides is 1. The number of hydrogen-bond donors (Lipinski definition) is 1. The Kier molecular flexibility index (Phi) is 4.99. The Morgan fingerprint density at radius 1 is 1.25 bits per heavy atom. The SMILES string of the molecule is CC(Cc1ccc(Cl)cc1)NC(=O)c1ccncc1Cl. The molecule has 1 amide bonds.